The van der Waals surface area contributed by atoms with Crippen molar-refractivity contribution in [3.63, 3.8) is 0 Å². The number of hydrogen-bond donors (Lipinski definition) is 1. The van der Waals surface area contributed by atoms with Crippen molar-refractivity contribution in [1.29, 1.82) is 0 Å². The van der Waals surface area contributed by atoms with Gasteiger partial charge in [-0.25, -0.2) is 4.39 Å². The largest absolute Gasteiger partial charge is 0.457 e. The minimum absolute atomic E-state index is 0.301. The van der Waals surface area contributed by atoms with Crippen molar-refractivity contribution in [3.8, 4) is 0 Å². The van der Waals surface area contributed by atoms with Gasteiger partial charge in [0.1, 0.15) is 5.76 Å². The van der Waals surface area contributed by atoms with E-state index in [0.717, 1.165) is 17.7 Å². The highest BCUT2D eigenvalue weighted by Crippen LogP contribution is 2.21. The average Bonchev–Trinajstić information content (AvgIpc) is 2.59. The Labute approximate surface area is 81.7 Å². The van der Waals surface area contributed by atoms with E-state index in [0.29, 0.717) is 12.1 Å². The molecule has 0 radical (unpaired) electrons. The standard InChI is InChI=1S/C11H12FNO/c1-2-13-7-9-6-8-4-3-5-10(12)11(8)14-9/h3-6,13H,2,7H2,1H3. The number of furan rings is 1. The summed E-state index contributed by atoms with van der Waals surface area (Å²) in [7, 11) is 0. The number of hydrogen-bond acceptors (Lipinski definition) is 2. The van der Waals surface area contributed by atoms with Crippen LogP contribution in [0.1, 0.15) is 12.7 Å². The van der Waals surface area contributed by atoms with Gasteiger partial charge in [0.15, 0.2) is 11.4 Å². The molecule has 0 unspecified atom stereocenters. The van der Waals surface area contributed by atoms with Gasteiger partial charge in [-0.05, 0) is 18.7 Å². The van der Waals surface area contributed by atoms with Gasteiger partial charge >= 0.3 is 0 Å². The van der Waals surface area contributed by atoms with Crippen molar-refractivity contribution in [2.24, 2.45) is 0 Å². The molecule has 1 aromatic carbocycles. The van der Waals surface area contributed by atoms with E-state index in [1.54, 1.807) is 6.07 Å². The lowest BCUT2D eigenvalue weighted by molar-refractivity contribution is 0.499. The van der Waals surface area contributed by atoms with Gasteiger partial charge in [0.25, 0.3) is 0 Å². The van der Waals surface area contributed by atoms with Crippen LogP contribution in [0.5, 0.6) is 0 Å². The molecule has 2 nitrogen and oxygen atoms in total. The summed E-state index contributed by atoms with van der Waals surface area (Å²) in [5.74, 6) is 0.470. The van der Waals surface area contributed by atoms with E-state index in [2.05, 4.69) is 5.32 Å². The van der Waals surface area contributed by atoms with Crippen LogP contribution in [-0.4, -0.2) is 6.54 Å². The van der Waals surface area contributed by atoms with Gasteiger partial charge in [0.2, 0.25) is 0 Å². The molecule has 0 saturated carbocycles. The molecule has 0 aliphatic rings. The normalized spacial score (nSPS) is 11.0. The van der Waals surface area contributed by atoms with Crippen LogP contribution in [0, 0.1) is 5.82 Å². The summed E-state index contributed by atoms with van der Waals surface area (Å²) in [6, 6.07) is 6.80. The maximum Gasteiger partial charge on any atom is 0.169 e. The van der Waals surface area contributed by atoms with E-state index < -0.39 is 0 Å². The lowest BCUT2D eigenvalue weighted by Crippen LogP contribution is -2.10. The minimum atomic E-state index is -0.301. The van der Waals surface area contributed by atoms with Crippen LogP contribution in [-0.2, 0) is 6.54 Å². The van der Waals surface area contributed by atoms with E-state index in [9.17, 15) is 4.39 Å². The molecule has 2 rings (SSSR count). The van der Waals surface area contributed by atoms with Gasteiger partial charge in [0, 0.05) is 5.39 Å². The van der Waals surface area contributed by atoms with Gasteiger partial charge in [-0.1, -0.05) is 19.1 Å². The van der Waals surface area contributed by atoms with Gasteiger partial charge in [-0.3, -0.25) is 0 Å². The average molecular weight is 193 g/mol. The lowest BCUT2D eigenvalue weighted by atomic mass is 10.2. The predicted octanol–water partition coefficient (Wildman–Crippen LogP) is 2.68. The maximum absolute atomic E-state index is 13.2. The summed E-state index contributed by atoms with van der Waals surface area (Å²) >= 11 is 0. The van der Waals surface area contributed by atoms with Gasteiger partial charge in [0.05, 0.1) is 6.54 Å². The second kappa shape index (κ2) is 3.80. The summed E-state index contributed by atoms with van der Waals surface area (Å²) in [4.78, 5) is 0. The van der Waals surface area contributed by atoms with Crippen molar-refractivity contribution in [2.45, 2.75) is 13.5 Å². The molecule has 1 N–H and O–H groups in total. The lowest BCUT2D eigenvalue weighted by Gasteiger charge is -1.95. The molecule has 3 heteroatoms. The molecule has 0 aliphatic heterocycles. The maximum atomic E-state index is 13.2. The minimum Gasteiger partial charge on any atom is -0.457 e. The fourth-order valence-corrected chi connectivity index (χ4v) is 1.42. The Morgan fingerprint density at radius 1 is 1.43 bits per heavy atom. The number of rotatable bonds is 3. The van der Waals surface area contributed by atoms with Crippen molar-refractivity contribution in [2.75, 3.05) is 6.54 Å². The monoisotopic (exact) mass is 193 g/mol. The molecule has 0 bridgehead atoms. The van der Waals surface area contributed by atoms with E-state index in [4.69, 9.17) is 4.42 Å². The number of fused-ring (bicyclic) bond motifs is 1. The Hall–Kier alpha value is -1.35. The highest BCUT2D eigenvalue weighted by Gasteiger charge is 2.06. The highest BCUT2D eigenvalue weighted by atomic mass is 19.1. The number of para-hydroxylation sites is 1. The molecular weight excluding hydrogens is 181 g/mol. The number of benzene rings is 1. The Balaban J connectivity index is 2.36. The molecule has 0 spiro atoms. The first-order chi connectivity index (χ1) is 6.81. The fraction of sp³-hybridized carbons (Fsp3) is 0.273. The number of halogens is 1. The molecule has 74 valence electrons. The molecular formula is C11H12FNO. The topological polar surface area (TPSA) is 25.2 Å². The Kier molecular flexibility index (Phi) is 2.50. The van der Waals surface area contributed by atoms with Crippen LogP contribution < -0.4 is 5.32 Å². The smallest absolute Gasteiger partial charge is 0.169 e. The molecule has 1 aromatic heterocycles. The number of nitrogens with one attached hydrogen (secondary N) is 1. The summed E-state index contributed by atoms with van der Waals surface area (Å²) in [5.41, 5.74) is 0.348. The van der Waals surface area contributed by atoms with Crippen LogP contribution in [0.3, 0.4) is 0 Å². The van der Waals surface area contributed by atoms with Crippen molar-refractivity contribution in [3.05, 3.63) is 35.8 Å². The molecule has 0 aliphatic carbocycles. The van der Waals surface area contributed by atoms with Crippen molar-refractivity contribution < 1.29 is 8.81 Å². The van der Waals surface area contributed by atoms with Crippen molar-refractivity contribution in [1.82, 2.24) is 5.32 Å². The molecule has 0 atom stereocenters. The Morgan fingerprint density at radius 3 is 3.00 bits per heavy atom. The third-order valence-corrected chi connectivity index (χ3v) is 2.10. The molecule has 0 saturated heterocycles. The van der Waals surface area contributed by atoms with Crippen LogP contribution in [0.25, 0.3) is 11.0 Å². The summed E-state index contributed by atoms with van der Waals surface area (Å²) < 4.78 is 18.6. The van der Waals surface area contributed by atoms with Crippen LogP contribution in [0.15, 0.2) is 28.7 Å². The second-order valence-electron chi connectivity index (χ2n) is 3.15. The van der Waals surface area contributed by atoms with Crippen LogP contribution >= 0.6 is 0 Å². The van der Waals surface area contributed by atoms with E-state index in [1.807, 2.05) is 19.1 Å². The highest BCUT2D eigenvalue weighted by molar-refractivity contribution is 5.78. The first-order valence-electron chi connectivity index (χ1n) is 4.69. The zero-order valence-corrected chi connectivity index (χ0v) is 8.01. The Morgan fingerprint density at radius 2 is 2.29 bits per heavy atom. The van der Waals surface area contributed by atoms with E-state index >= 15 is 0 Å². The van der Waals surface area contributed by atoms with Crippen molar-refractivity contribution >= 4 is 11.0 Å². The fourth-order valence-electron chi connectivity index (χ4n) is 1.42. The SMILES string of the molecule is CCNCc1cc2cccc(F)c2o1. The third-order valence-electron chi connectivity index (χ3n) is 2.10. The quantitative estimate of drug-likeness (QED) is 0.810. The van der Waals surface area contributed by atoms with Gasteiger partial charge in [-0.2, -0.15) is 0 Å². The summed E-state index contributed by atoms with van der Waals surface area (Å²) in [6.07, 6.45) is 0. The summed E-state index contributed by atoms with van der Waals surface area (Å²) in [5, 5.41) is 3.95. The van der Waals surface area contributed by atoms with Gasteiger partial charge < -0.3 is 9.73 Å². The predicted molar refractivity (Wildman–Crippen MR) is 53.6 cm³/mol. The first kappa shape index (κ1) is 9.21. The third kappa shape index (κ3) is 1.63. The first-order valence-corrected chi connectivity index (χ1v) is 4.69. The molecule has 14 heavy (non-hydrogen) atoms. The second-order valence-corrected chi connectivity index (χ2v) is 3.15. The van der Waals surface area contributed by atoms with Crippen LogP contribution in [0.4, 0.5) is 4.39 Å². The van der Waals surface area contributed by atoms with E-state index in [1.165, 1.54) is 6.07 Å². The van der Waals surface area contributed by atoms with Gasteiger partial charge in [-0.15, -0.1) is 0 Å². The zero-order chi connectivity index (χ0) is 9.97. The van der Waals surface area contributed by atoms with E-state index in [-0.39, 0.29) is 5.82 Å². The molecule has 0 fully saturated rings. The molecule has 1 heterocycles. The molecule has 2 aromatic rings. The molecule has 0 amide bonds. The van der Waals surface area contributed by atoms with Crippen LogP contribution in [0.2, 0.25) is 0 Å². The zero-order valence-electron chi connectivity index (χ0n) is 8.01. The summed E-state index contributed by atoms with van der Waals surface area (Å²) in [6.45, 7) is 3.54. The Bertz CT molecular complexity index is 436.